The molecule has 1 aliphatic rings. The zero-order chi connectivity index (χ0) is 14.4. The van der Waals surface area contributed by atoms with Crippen LogP contribution >= 0.6 is 0 Å². The van der Waals surface area contributed by atoms with Crippen LogP contribution in [0.4, 0.5) is 5.82 Å². The van der Waals surface area contributed by atoms with Gasteiger partial charge in [-0.05, 0) is 25.6 Å². The van der Waals surface area contributed by atoms with Crippen molar-refractivity contribution < 1.29 is 9.90 Å². The Morgan fingerprint density at radius 3 is 2.70 bits per heavy atom. The SMILES string of the molecule is CN1CCN(c2ccc(C(=O)NCCCO)cn2)CC1. The highest BCUT2D eigenvalue weighted by molar-refractivity contribution is 5.94. The van der Waals surface area contributed by atoms with Crippen molar-refractivity contribution in [3.8, 4) is 0 Å². The largest absolute Gasteiger partial charge is 0.396 e. The van der Waals surface area contributed by atoms with E-state index in [1.54, 1.807) is 12.3 Å². The van der Waals surface area contributed by atoms with Gasteiger partial charge >= 0.3 is 0 Å². The summed E-state index contributed by atoms with van der Waals surface area (Å²) in [6.07, 6.45) is 2.18. The fourth-order valence-corrected chi connectivity index (χ4v) is 2.13. The summed E-state index contributed by atoms with van der Waals surface area (Å²) in [4.78, 5) is 20.7. The summed E-state index contributed by atoms with van der Waals surface area (Å²) >= 11 is 0. The van der Waals surface area contributed by atoms with Crippen LogP contribution in [0.15, 0.2) is 18.3 Å². The first-order valence-electron chi connectivity index (χ1n) is 6.99. The van der Waals surface area contributed by atoms with E-state index in [-0.39, 0.29) is 12.5 Å². The smallest absolute Gasteiger partial charge is 0.252 e. The molecule has 1 aromatic rings. The van der Waals surface area contributed by atoms with Crippen molar-refractivity contribution in [1.29, 1.82) is 0 Å². The lowest BCUT2D eigenvalue weighted by atomic mass is 10.2. The van der Waals surface area contributed by atoms with Crippen molar-refractivity contribution in [2.45, 2.75) is 6.42 Å². The maximum atomic E-state index is 11.8. The summed E-state index contributed by atoms with van der Waals surface area (Å²) in [6.45, 7) is 4.56. The number of aromatic nitrogens is 1. The lowest BCUT2D eigenvalue weighted by Gasteiger charge is -2.33. The number of carbonyl (C=O) groups is 1. The molecule has 0 aromatic carbocycles. The molecule has 0 radical (unpaired) electrons. The topological polar surface area (TPSA) is 68.7 Å². The molecule has 1 aromatic heterocycles. The Hall–Kier alpha value is -1.66. The number of nitrogens with one attached hydrogen (secondary N) is 1. The van der Waals surface area contributed by atoms with E-state index in [0.29, 0.717) is 18.5 Å². The summed E-state index contributed by atoms with van der Waals surface area (Å²) < 4.78 is 0. The van der Waals surface area contributed by atoms with Crippen molar-refractivity contribution in [3.63, 3.8) is 0 Å². The molecule has 110 valence electrons. The number of amides is 1. The normalized spacial score (nSPS) is 16.2. The first-order chi connectivity index (χ1) is 9.70. The van der Waals surface area contributed by atoms with Crippen LogP contribution in [0.25, 0.3) is 0 Å². The molecule has 6 heteroatoms. The third-order valence-electron chi connectivity index (χ3n) is 3.46. The van der Waals surface area contributed by atoms with E-state index in [1.807, 2.05) is 6.07 Å². The van der Waals surface area contributed by atoms with Crippen LogP contribution in [0, 0.1) is 0 Å². The Morgan fingerprint density at radius 1 is 1.35 bits per heavy atom. The van der Waals surface area contributed by atoms with Gasteiger partial charge in [-0.1, -0.05) is 0 Å². The average Bonchev–Trinajstić information content (AvgIpc) is 2.48. The number of hydrogen-bond acceptors (Lipinski definition) is 5. The molecule has 0 bridgehead atoms. The summed E-state index contributed by atoms with van der Waals surface area (Å²) in [5, 5.41) is 11.4. The van der Waals surface area contributed by atoms with Crippen molar-refractivity contribution in [2.24, 2.45) is 0 Å². The van der Waals surface area contributed by atoms with Crippen LogP contribution < -0.4 is 10.2 Å². The lowest BCUT2D eigenvalue weighted by Crippen LogP contribution is -2.44. The van der Waals surface area contributed by atoms with Crippen LogP contribution in [-0.4, -0.2) is 67.3 Å². The van der Waals surface area contributed by atoms with Gasteiger partial charge in [0.15, 0.2) is 0 Å². The van der Waals surface area contributed by atoms with E-state index in [1.165, 1.54) is 0 Å². The number of pyridine rings is 1. The maximum Gasteiger partial charge on any atom is 0.252 e. The van der Waals surface area contributed by atoms with Gasteiger partial charge in [0.2, 0.25) is 0 Å². The van der Waals surface area contributed by atoms with Crippen LogP contribution in [-0.2, 0) is 0 Å². The molecule has 1 amide bonds. The van der Waals surface area contributed by atoms with Crippen LogP contribution in [0.3, 0.4) is 0 Å². The number of carbonyl (C=O) groups excluding carboxylic acids is 1. The molecular weight excluding hydrogens is 256 g/mol. The summed E-state index contributed by atoms with van der Waals surface area (Å²) in [7, 11) is 2.12. The lowest BCUT2D eigenvalue weighted by molar-refractivity contribution is 0.0951. The highest BCUT2D eigenvalue weighted by Crippen LogP contribution is 2.13. The Morgan fingerprint density at radius 2 is 2.10 bits per heavy atom. The molecule has 0 aliphatic carbocycles. The summed E-state index contributed by atoms with van der Waals surface area (Å²) in [5.41, 5.74) is 0.556. The number of hydrogen-bond donors (Lipinski definition) is 2. The fraction of sp³-hybridized carbons (Fsp3) is 0.571. The Bertz CT molecular complexity index is 427. The Labute approximate surface area is 119 Å². The predicted octanol–water partition coefficient (Wildman–Crippen LogP) is -0.0544. The van der Waals surface area contributed by atoms with Crippen LogP contribution in [0.1, 0.15) is 16.8 Å². The zero-order valence-electron chi connectivity index (χ0n) is 11.9. The number of aliphatic hydroxyl groups is 1. The molecule has 2 N–H and O–H groups in total. The fourth-order valence-electron chi connectivity index (χ4n) is 2.13. The Kier molecular flexibility index (Phi) is 5.31. The monoisotopic (exact) mass is 278 g/mol. The number of nitrogens with zero attached hydrogens (tertiary/aromatic N) is 3. The highest BCUT2D eigenvalue weighted by Gasteiger charge is 2.15. The third kappa shape index (κ3) is 3.91. The molecule has 1 aliphatic heterocycles. The van der Waals surface area contributed by atoms with Crippen LogP contribution in [0.2, 0.25) is 0 Å². The predicted molar refractivity (Wildman–Crippen MR) is 78.0 cm³/mol. The molecule has 0 atom stereocenters. The molecule has 0 saturated carbocycles. The molecule has 2 rings (SSSR count). The van der Waals surface area contributed by atoms with E-state index < -0.39 is 0 Å². The third-order valence-corrected chi connectivity index (χ3v) is 3.46. The second-order valence-corrected chi connectivity index (χ2v) is 5.03. The minimum Gasteiger partial charge on any atom is -0.396 e. The van der Waals surface area contributed by atoms with Gasteiger partial charge in [0.05, 0.1) is 5.56 Å². The number of anilines is 1. The molecule has 0 unspecified atom stereocenters. The summed E-state index contributed by atoms with van der Waals surface area (Å²) in [6, 6.07) is 3.70. The van der Waals surface area contributed by atoms with Crippen molar-refractivity contribution in [2.75, 3.05) is 51.3 Å². The average molecular weight is 278 g/mol. The molecular formula is C14H22N4O2. The standard InChI is InChI=1S/C14H22N4O2/c1-17-6-8-18(9-7-17)13-4-3-12(11-16-13)14(20)15-5-2-10-19/h3-4,11,19H,2,5-10H2,1H3,(H,15,20). The molecule has 0 spiro atoms. The van der Waals surface area contributed by atoms with E-state index in [9.17, 15) is 4.79 Å². The van der Waals surface area contributed by atoms with Gasteiger partial charge in [0, 0.05) is 45.5 Å². The zero-order valence-corrected chi connectivity index (χ0v) is 11.9. The second kappa shape index (κ2) is 7.21. The van der Waals surface area contributed by atoms with E-state index in [2.05, 4.69) is 27.1 Å². The van der Waals surface area contributed by atoms with Gasteiger partial charge in [-0.15, -0.1) is 0 Å². The number of rotatable bonds is 5. The van der Waals surface area contributed by atoms with E-state index in [0.717, 1.165) is 32.0 Å². The molecule has 1 saturated heterocycles. The van der Waals surface area contributed by atoms with Gasteiger partial charge < -0.3 is 20.2 Å². The Balaban J connectivity index is 1.90. The second-order valence-electron chi connectivity index (χ2n) is 5.03. The molecule has 20 heavy (non-hydrogen) atoms. The minimum atomic E-state index is -0.143. The molecule has 6 nitrogen and oxygen atoms in total. The molecule has 2 heterocycles. The van der Waals surface area contributed by atoms with Crippen molar-refractivity contribution >= 4 is 11.7 Å². The number of aliphatic hydroxyl groups excluding tert-OH is 1. The maximum absolute atomic E-state index is 11.8. The van der Waals surface area contributed by atoms with Gasteiger partial charge in [-0.2, -0.15) is 0 Å². The minimum absolute atomic E-state index is 0.0842. The van der Waals surface area contributed by atoms with Crippen molar-refractivity contribution in [3.05, 3.63) is 23.9 Å². The number of piperazine rings is 1. The first-order valence-corrected chi connectivity index (χ1v) is 6.99. The van der Waals surface area contributed by atoms with Gasteiger partial charge in [0.1, 0.15) is 5.82 Å². The van der Waals surface area contributed by atoms with Gasteiger partial charge in [-0.3, -0.25) is 4.79 Å². The van der Waals surface area contributed by atoms with Gasteiger partial charge in [-0.25, -0.2) is 4.98 Å². The summed E-state index contributed by atoms with van der Waals surface area (Å²) in [5.74, 6) is 0.779. The number of likely N-dealkylation sites (N-methyl/N-ethyl adjacent to an activating group) is 1. The first kappa shape index (κ1) is 14.7. The van der Waals surface area contributed by atoms with Gasteiger partial charge in [0.25, 0.3) is 5.91 Å². The van der Waals surface area contributed by atoms with E-state index >= 15 is 0 Å². The van der Waals surface area contributed by atoms with Crippen LogP contribution in [0.5, 0.6) is 0 Å². The molecule has 1 fully saturated rings. The highest BCUT2D eigenvalue weighted by atomic mass is 16.3. The quantitative estimate of drug-likeness (QED) is 0.739. The van der Waals surface area contributed by atoms with Crippen molar-refractivity contribution in [1.82, 2.24) is 15.2 Å². The van der Waals surface area contributed by atoms with E-state index in [4.69, 9.17) is 5.11 Å².